The lowest BCUT2D eigenvalue weighted by Gasteiger charge is -2.25. The van der Waals surface area contributed by atoms with Crippen LogP contribution in [0.2, 0.25) is 0 Å². The second-order valence-electron chi connectivity index (χ2n) is 6.02. The summed E-state index contributed by atoms with van der Waals surface area (Å²) in [6.45, 7) is 13.1. The molecule has 0 saturated carbocycles. The zero-order valence-corrected chi connectivity index (χ0v) is 10.8. The molecule has 1 aliphatic carbocycles. The zero-order chi connectivity index (χ0) is 11.7. The average molecular weight is 205 g/mol. The average Bonchev–Trinajstić information content (AvgIpc) is 2.05. The van der Waals surface area contributed by atoms with Gasteiger partial charge in [0.1, 0.15) is 0 Å². The molecule has 0 heterocycles. The Balaban J connectivity index is 2.93. The lowest BCUT2D eigenvalue weighted by molar-refractivity contribution is 0.473. The van der Waals surface area contributed by atoms with Crippen LogP contribution in [-0.4, -0.2) is 5.54 Å². The minimum atomic E-state index is 0.116. The highest BCUT2D eigenvalue weighted by atomic mass is 15.0. The molecule has 15 heavy (non-hydrogen) atoms. The molecule has 1 aliphatic rings. The van der Waals surface area contributed by atoms with Gasteiger partial charge in [-0.05, 0) is 33.8 Å². The fourth-order valence-electron chi connectivity index (χ4n) is 1.86. The lowest BCUT2D eigenvalue weighted by Crippen LogP contribution is -2.34. The molecule has 0 aliphatic heterocycles. The van der Waals surface area contributed by atoms with Crippen molar-refractivity contribution < 1.29 is 0 Å². The summed E-state index contributed by atoms with van der Waals surface area (Å²) in [5.74, 6) is 0. The van der Waals surface area contributed by atoms with Crippen molar-refractivity contribution in [1.82, 2.24) is 5.32 Å². The molecule has 0 atom stereocenters. The second kappa shape index (κ2) is 3.88. The molecule has 1 nitrogen and oxygen atoms in total. The summed E-state index contributed by atoms with van der Waals surface area (Å²) in [6, 6.07) is 0. The van der Waals surface area contributed by atoms with E-state index >= 15 is 0 Å². The van der Waals surface area contributed by atoms with E-state index in [9.17, 15) is 0 Å². The van der Waals surface area contributed by atoms with Crippen LogP contribution in [0.25, 0.3) is 0 Å². The molecular weight excluding hydrogens is 182 g/mol. The van der Waals surface area contributed by atoms with Gasteiger partial charge in [-0.15, -0.1) is 0 Å². The van der Waals surface area contributed by atoms with Gasteiger partial charge in [0, 0.05) is 16.7 Å². The predicted molar refractivity (Wildman–Crippen MR) is 67.6 cm³/mol. The number of hydrogen-bond donors (Lipinski definition) is 1. The Morgan fingerprint density at radius 1 is 1.07 bits per heavy atom. The Bertz CT molecular complexity index is 322. The highest BCUT2D eigenvalue weighted by Gasteiger charge is 2.17. The summed E-state index contributed by atoms with van der Waals surface area (Å²) < 4.78 is 0. The van der Waals surface area contributed by atoms with E-state index in [-0.39, 0.29) is 11.0 Å². The van der Waals surface area contributed by atoms with Gasteiger partial charge in [0.05, 0.1) is 0 Å². The second-order valence-corrected chi connectivity index (χ2v) is 6.02. The third-order valence-corrected chi connectivity index (χ3v) is 2.17. The van der Waals surface area contributed by atoms with Crippen LogP contribution in [0.15, 0.2) is 35.6 Å². The molecule has 1 rings (SSSR count). The van der Waals surface area contributed by atoms with Crippen molar-refractivity contribution in [2.75, 3.05) is 0 Å². The van der Waals surface area contributed by atoms with E-state index in [2.05, 4.69) is 71.2 Å². The zero-order valence-electron chi connectivity index (χ0n) is 10.8. The van der Waals surface area contributed by atoms with Gasteiger partial charge in [0.2, 0.25) is 0 Å². The SMILES string of the molecule is CC1=CC(C)(C)C=C(NC(C)(C)C)C=C1. The molecule has 0 bridgehead atoms. The Hall–Kier alpha value is -0.980. The summed E-state index contributed by atoms with van der Waals surface area (Å²) in [4.78, 5) is 0. The van der Waals surface area contributed by atoms with Crippen molar-refractivity contribution in [1.29, 1.82) is 0 Å². The number of allylic oxidation sites excluding steroid dienone is 5. The molecule has 1 heteroatoms. The summed E-state index contributed by atoms with van der Waals surface area (Å²) in [7, 11) is 0. The maximum atomic E-state index is 3.52. The van der Waals surface area contributed by atoms with E-state index < -0.39 is 0 Å². The van der Waals surface area contributed by atoms with E-state index in [1.165, 1.54) is 11.3 Å². The van der Waals surface area contributed by atoms with Gasteiger partial charge < -0.3 is 5.32 Å². The summed E-state index contributed by atoms with van der Waals surface area (Å²) in [5.41, 5.74) is 2.77. The normalized spacial score (nSPS) is 20.4. The molecule has 0 aromatic heterocycles. The van der Waals surface area contributed by atoms with Crippen molar-refractivity contribution in [2.45, 2.75) is 47.1 Å². The molecule has 0 spiro atoms. The van der Waals surface area contributed by atoms with Crippen molar-refractivity contribution in [3.8, 4) is 0 Å². The molecule has 0 unspecified atom stereocenters. The van der Waals surface area contributed by atoms with Crippen LogP contribution in [-0.2, 0) is 0 Å². The van der Waals surface area contributed by atoms with Crippen molar-refractivity contribution in [3.05, 3.63) is 35.6 Å². The monoisotopic (exact) mass is 205 g/mol. The summed E-state index contributed by atoms with van der Waals surface area (Å²) >= 11 is 0. The van der Waals surface area contributed by atoms with E-state index in [1.807, 2.05) is 0 Å². The quantitative estimate of drug-likeness (QED) is 0.686. The summed E-state index contributed by atoms with van der Waals surface area (Å²) in [6.07, 6.45) is 8.90. The largest absolute Gasteiger partial charge is 0.381 e. The van der Waals surface area contributed by atoms with Gasteiger partial charge in [-0.1, -0.05) is 37.6 Å². The summed E-state index contributed by atoms with van der Waals surface area (Å²) in [5, 5.41) is 3.52. The van der Waals surface area contributed by atoms with E-state index in [0.717, 1.165) is 0 Å². The fraction of sp³-hybridized carbons (Fsp3) is 0.571. The van der Waals surface area contributed by atoms with Crippen LogP contribution in [0.4, 0.5) is 0 Å². The smallest absolute Gasteiger partial charge is 0.0312 e. The maximum absolute atomic E-state index is 3.52. The van der Waals surface area contributed by atoms with Gasteiger partial charge in [0.15, 0.2) is 0 Å². The highest BCUT2D eigenvalue weighted by Crippen LogP contribution is 2.26. The first-order valence-electron chi connectivity index (χ1n) is 5.57. The molecule has 0 aromatic rings. The van der Waals surface area contributed by atoms with Crippen LogP contribution < -0.4 is 5.32 Å². The first-order valence-corrected chi connectivity index (χ1v) is 5.57. The van der Waals surface area contributed by atoms with Crippen molar-refractivity contribution in [2.24, 2.45) is 5.41 Å². The highest BCUT2D eigenvalue weighted by molar-refractivity contribution is 5.34. The topological polar surface area (TPSA) is 12.0 Å². The van der Waals surface area contributed by atoms with Crippen LogP contribution >= 0.6 is 0 Å². The third kappa shape index (κ3) is 4.37. The van der Waals surface area contributed by atoms with E-state index in [4.69, 9.17) is 0 Å². The Kier molecular flexibility index (Phi) is 3.13. The molecule has 0 radical (unpaired) electrons. The van der Waals surface area contributed by atoms with Gasteiger partial charge in [-0.3, -0.25) is 0 Å². The Labute approximate surface area is 94.0 Å². The van der Waals surface area contributed by atoms with Crippen LogP contribution in [0, 0.1) is 5.41 Å². The lowest BCUT2D eigenvalue weighted by atomic mass is 9.91. The number of rotatable bonds is 1. The fourth-order valence-corrected chi connectivity index (χ4v) is 1.86. The van der Waals surface area contributed by atoms with Crippen molar-refractivity contribution in [3.63, 3.8) is 0 Å². The standard InChI is InChI=1S/C14H23N/c1-11-7-8-12(15-13(2,3)4)10-14(5,6)9-11/h7-10,15H,1-6H3. The molecule has 84 valence electrons. The predicted octanol–water partition coefficient (Wildman–Crippen LogP) is 3.80. The number of hydrogen-bond acceptors (Lipinski definition) is 1. The molecule has 0 fully saturated rings. The van der Waals surface area contributed by atoms with E-state index in [1.54, 1.807) is 0 Å². The van der Waals surface area contributed by atoms with Crippen LogP contribution in [0.5, 0.6) is 0 Å². The molecule has 1 N–H and O–H groups in total. The van der Waals surface area contributed by atoms with Crippen LogP contribution in [0.3, 0.4) is 0 Å². The van der Waals surface area contributed by atoms with Gasteiger partial charge in [-0.25, -0.2) is 0 Å². The first-order chi connectivity index (χ1) is 6.68. The van der Waals surface area contributed by atoms with Gasteiger partial charge in [0.25, 0.3) is 0 Å². The van der Waals surface area contributed by atoms with Gasteiger partial charge >= 0.3 is 0 Å². The molecule has 0 amide bonds. The number of nitrogens with one attached hydrogen (secondary N) is 1. The Morgan fingerprint density at radius 3 is 2.20 bits per heavy atom. The molecular formula is C14H23N. The minimum Gasteiger partial charge on any atom is -0.381 e. The Morgan fingerprint density at radius 2 is 1.67 bits per heavy atom. The molecule has 0 aromatic carbocycles. The third-order valence-electron chi connectivity index (χ3n) is 2.17. The van der Waals surface area contributed by atoms with Gasteiger partial charge in [-0.2, -0.15) is 0 Å². The molecule has 0 saturated heterocycles. The maximum Gasteiger partial charge on any atom is 0.0312 e. The van der Waals surface area contributed by atoms with E-state index in [0.29, 0.717) is 0 Å². The van der Waals surface area contributed by atoms with Crippen LogP contribution in [0.1, 0.15) is 41.5 Å². The van der Waals surface area contributed by atoms with Crippen molar-refractivity contribution >= 4 is 0 Å². The first kappa shape index (κ1) is 12.1. The minimum absolute atomic E-state index is 0.116.